The summed E-state index contributed by atoms with van der Waals surface area (Å²) in [5.74, 6) is -0.345. The van der Waals surface area contributed by atoms with Gasteiger partial charge in [0.2, 0.25) is 5.55 Å². The van der Waals surface area contributed by atoms with Gasteiger partial charge in [0.05, 0.1) is 10.7 Å². The van der Waals surface area contributed by atoms with E-state index in [2.05, 4.69) is 10.3 Å². The van der Waals surface area contributed by atoms with Crippen molar-refractivity contribution >= 4 is 51.5 Å². The van der Waals surface area contributed by atoms with Crippen LogP contribution in [0, 0.1) is 0 Å². The number of nitrogens with one attached hydrogen (secondary N) is 1. The highest BCUT2D eigenvalue weighted by molar-refractivity contribution is 6.33. The number of hydrogen-bond acceptors (Lipinski definition) is 3. The first-order valence-electron chi connectivity index (χ1n) is 8.49. The van der Waals surface area contributed by atoms with Gasteiger partial charge in [0.15, 0.2) is 0 Å². The highest BCUT2D eigenvalue weighted by atomic mass is 35.5. The van der Waals surface area contributed by atoms with Crippen LogP contribution in [-0.2, 0) is 0 Å². The maximum atomic E-state index is 12.9. The van der Waals surface area contributed by atoms with E-state index in [0.29, 0.717) is 32.6 Å². The van der Waals surface area contributed by atoms with E-state index in [-0.39, 0.29) is 11.5 Å². The maximum Gasteiger partial charge on any atom is 0.261 e. The maximum absolute atomic E-state index is 12.9. The molecule has 0 aliphatic heterocycles. The molecular formula is C22H14Cl2N2O2. The van der Waals surface area contributed by atoms with Gasteiger partial charge in [-0.15, -0.1) is 0 Å². The third-order valence-corrected chi connectivity index (χ3v) is 4.65. The number of fused-ring (bicyclic) bond motifs is 1. The number of anilines is 1. The summed E-state index contributed by atoms with van der Waals surface area (Å²) in [5, 5.41) is 4.69. The van der Waals surface area contributed by atoms with Crippen molar-refractivity contribution in [2.75, 3.05) is 5.32 Å². The lowest BCUT2D eigenvalue weighted by molar-refractivity contribution is 0.102. The van der Waals surface area contributed by atoms with Crippen LogP contribution in [0.2, 0.25) is 10.0 Å². The van der Waals surface area contributed by atoms with E-state index in [4.69, 9.17) is 27.6 Å². The highest BCUT2D eigenvalue weighted by Gasteiger charge is 2.13. The Morgan fingerprint density at radius 1 is 0.893 bits per heavy atom. The summed E-state index contributed by atoms with van der Waals surface area (Å²) < 4.78 is 5.92. The van der Waals surface area contributed by atoms with Gasteiger partial charge in [-0.2, -0.15) is 0 Å². The van der Waals surface area contributed by atoms with E-state index < -0.39 is 0 Å². The van der Waals surface area contributed by atoms with Gasteiger partial charge in [-0.3, -0.25) is 4.79 Å². The van der Waals surface area contributed by atoms with Gasteiger partial charge >= 0.3 is 0 Å². The van der Waals surface area contributed by atoms with Crippen LogP contribution < -0.4 is 10.9 Å². The van der Waals surface area contributed by atoms with Crippen LogP contribution in [0.3, 0.4) is 0 Å². The summed E-state index contributed by atoms with van der Waals surface area (Å²) in [5.41, 5.74) is 2.23. The third-order valence-electron chi connectivity index (χ3n) is 4.08. The molecule has 138 valence electrons. The van der Waals surface area contributed by atoms with Crippen LogP contribution >= 0.6 is 23.2 Å². The van der Waals surface area contributed by atoms with Gasteiger partial charge in [-0.1, -0.05) is 53.5 Å². The molecule has 0 radical (unpaired) electrons. The van der Waals surface area contributed by atoms with Gasteiger partial charge in [-0.25, -0.2) is 4.99 Å². The largest absolute Gasteiger partial charge is 0.438 e. The van der Waals surface area contributed by atoms with Gasteiger partial charge < -0.3 is 9.73 Å². The number of carbonyl (C=O) groups excluding carboxylic acids is 1. The first-order chi connectivity index (χ1) is 13.6. The molecule has 4 rings (SSSR count). The summed E-state index contributed by atoms with van der Waals surface area (Å²) in [6.45, 7) is 0. The zero-order chi connectivity index (χ0) is 19.5. The highest BCUT2D eigenvalue weighted by Crippen LogP contribution is 2.24. The predicted octanol–water partition coefficient (Wildman–Crippen LogP) is 6.22. The Morgan fingerprint density at radius 2 is 1.61 bits per heavy atom. The molecule has 4 aromatic rings. The molecule has 1 amide bonds. The van der Waals surface area contributed by atoms with Crippen molar-refractivity contribution in [3.8, 4) is 0 Å². The minimum atomic E-state index is -0.345. The summed E-state index contributed by atoms with van der Waals surface area (Å²) in [4.78, 5) is 17.4. The lowest BCUT2D eigenvalue weighted by Gasteiger charge is -2.07. The molecule has 0 unspecified atom stereocenters. The lowest BCUT2D eigenvalue weighted by Crippen LogP contribution is -2.21. The van der Waals surface area contributed by atoms with E-state index in [1.165, 1.54) is 0 Å². The fourth-order valence-electron chi connectivity index (χ4n) is 2.70. The first kappa shape index (κ1) is 18.3. The molecule has 0 fully saturated rings. The Hall–Kier alpha value is -3.08. The van der Waals surface area contributed by atoms with Crippen LogP contribution in [0.25, 0.3) is 11.0 Å². The predicted molar refractivity (Wildman–Crippen MR) is 112 cm³/mol. The number of para-hydroxylation sites is 2. The van der Waals surface area contributed by atoms with Crippen molar-refractivity contribution in [2.45, 2.75) is 0 Å². The smallest absolute Gasteiger partial charge is 0.261 e. The van der Waals surface area contributed by atoms with Gasteiger partial charge in [0, 0.05) is 16.1 Å². The number of carbonyl (C=O) groups is 1. The monoisotopic (exact) mass is 408 g/mol. The van der Waals surface area contributed by atoms with E-state index >= 15 is 0 Å². The van der Waals surface area contributed by atoms with Crippen molar-refractivity contribution in [1.82, 2.24) is 0 Å². The SMILES string of the molecule is O=C(Nc1ccc(Cl)cc1)c1cc2ccccc2oc1=Nc1ccccc1Cl. The van der Waals surface area contributed by atoms with E-state index in [0.717, 1.165) is 5.39 Å². The Bertz CT molecular complexity index is 1230. The number of nitrogens with zero attached hydrogens (tertiary/aromatic N) is 1. The minimum Gasteiger partial charge on any atom is -0.438 e. The van der Waals surface area contributed by atoms with Gasteiger partial charge in [-0.05, 0) is 48.5 Å². The molecule has 0 aliphatic carbocycles. The Kier molecular flexibility index (Phi) is 5.15. The Labute approximate surface area is 171 Å². The molecule has 3 aromatic carbocycles. The zero-order valence-electron chi connectivity index (χ0n) is 14.5. The molecule has 0 aliphatic rings. The van der Waals surface area contributed by atoms with Crippen molar-refractivity contribution in [1.29, 1.82) is 0 Å². The van der Waals surface area contributed by atoms with E-state index in [1.807, 2.05) is 36.4 Å². The van der Waals surface area contributed by atoms with E-state index in [1.54, 1.807) is 42.5 Å². The van der Waals surface area contributed by atoms with Crippen LogP contribution in [0.5, 0.6) is 0 Å². The fourth-order valence-corrected chi connectivity index (χ4v) is 3.00. The molecule has 6 heteroatoms. The molecule has 0 atom stereocenters. The van der Waals surface area contributed by atoms with E-state index in [9.17, 15) is 4.79 Å². The number of benzene rings is 3. The molecule has 0 spiro atoms. The average molecular weight is 409 g/mol. The molecule has 0 saturated heterocycles. The number of rotatable bonds is 3. The van der Waals surface area contributed by atoms with Gasteiger partial charge in [0.25, 0.3) is 5.91 Å². The quantitative estimate of drug-likeness (QED) is 0.437. The molecule has 1 heterocycles. The molecule has 0 saturated carbocycles. The molecule has 28 heavy (non-hydrogen) atoms. The fraction of sp³-hybridized carbons (Fsp3) is 0. The molecule has 4 nitrogen and oxygen atoms in total. The van der Waals surface area contributed by atoms with Crippen molar-refractivity contribution in [2.24, 2.45) is 4.99 Å². The zero-order valence-corrected chi connectivity index (χ0v) is 16.0. The second-order valence-corrected chi connectivity index (χ2v) is 6.87. The minimum absolute atomic E-state index is 0.179. The van der Waals surface area contributed by atoms with Crippen LogP contribution in [0.1, 0.15) is 10.4 Å². The van der Waals surface area contributed by atoms with Crippen molar-refractivity contribution in [3.63, 3.8) is 0 Å². The third kappa shape index (κ3) is 3.93. The summed E-state index contributed by atoms with van der Waals surface area (Å²) in [6.07, 6.45) is 0. The van der Waals surface area contributed by atoms with Crippen LogP contribution in [-0.4, -0.2) is 5.91 Å². The second-order valence-electron chi connectivity index (χ2n) is 6.03. The van der Waals surface area contributed by atoms with Gasteiger partial charge in [0.1, 0.15) is 11.1 Å². The summed E-state index contributed by atoms with van der Waals surface area (Å²) >= 11 is 12.1. The normalized spacial score (nSPS) is 11.6. The average Bonchev–Trinajstić information content (AvgIpc) is 2.71. The standard InChI is InChI=1S/C22H14Cl2N2O2/c23-15-9-11-16(12-10-15)25-21(27)17-13-14-5-1-4-8-20(14)28-22(17)26-19-7-3-2-6-18(19)24/h1-13H,(H,25,27). The number of hydrogen-bond donors (Lipinski definition) is 1. The van der Waals surface area contributed by atoms with Crippen LogP contribution in [0.4, 0.5) is 11.4 Å². The summed E-state index contributed by atoms with van der Waals surface area (Å²) in [7, 11) is 0. The second kappa shape index (κ2) is 7.89. The van der Waals surface area contributed by atoms with Crippen molar-refractivity contribution < 1.29 is 9.21 Å². The molecule has 1 N–H and O–H groups in total. The Morgan fingerprint density at radius 3 is 2.39 bits per heavy atom. The van der Waals surface area contributed by atoms with Crippen molar-refractivity contribution in [3.05, 3.63) is 100 Å². The Balaban J connectivity index is 1.84. The van der Waals surface area contributed by atoms with Crippen LogP contribution in [0.15, 0.2) is 88.3 Å². The first-order valence-corrected chi connectivity index (χ1v) is 9.25. The number of amides is 1. The number of halogens is 2. The molecule has 0 bridgehead atoms. The lowest BCUT2D eigenvalue weighted by atomic mass is 10.1. The summed E-state index contributed by atoms with van der Waals surface area (Å²) in [6, 6.07) is 23.2. The topological polar surface area (TPSA) is 54.6 Å². The molecular weight excluding hydrogens is 395 g/mol. The molecule has 1 aromatic heterocycles.